The van der Waals surface area contributed by atoms with Crippen molar-refractivity contribution in [3.63, 3.8) is 0 Å². The smallest absolute Gasteiger partial charge is 0.0286 e. The van der Waals surface area contributed by atoms with Gasteiger partial charge in [0.1, 0.15) is 0 Å². The van der Waals surface area contributed by atoms with Crippen LogP contribution < -0.4 is 5.73 Å². The van der Waals surface area contributed by atoms with E-state index in [2.05, 4.69) is 11.8 Å². The third-order valence-electron chi connectivity index (χ3n) is 0.658. The Morgan fingerprint density at radius 3 is 2.75 bits per heavy atom. The van der Waals surface area contributed by atoms with E-state index in [0.29, 0.717) is 0 Å². The lowest BCUT2D eigenvalue weighted by molar-refractivity contribution is 1.27. The second-order valence-corrected chi connectivity index (χ2v) is 1.34. The third-order valence-corrected chi connectivity index (χ3v) is 0.658. The second kappa shape index (κ2) is 6.10. The summed E-state index contributed by atoms with van der Waals surface area (Å²) in [6.07, 6.45) is 5.07. The van der Waals surface area contributed by atoms with E-state index in [-0.39, 0.29) is 0 Å². The molecule has 1 nitrogen and oxygen atoms in total. The summed E-state index contributed by atoms with van der Waals surface area (Å²) in [6, 6.07) is 0. The molecule has 0 aliphatic carbocycles. The first kappa shape index (κ1) is 7.10. The number of hydrogen-bond donors (Lipinski definition) is 1. The van der Waals surface area contributed by atoms with E-state index in [1.54, 1.807) is 0 Å². The van der Waals surface area contributed by atoms with Crippen molar-refractivity contribution < 1.29 is 0 Å². The molecular formula is C7H11N. The molecule has 0 aliphatic heterocycles. The van der Waals surface area contributed by atoms with Crippen molar-refractivity contribution >= 4 is 0 Å². The topological polar surface area (TPSA) is 26.0 Å². The molecule has 0 aromatic heterocycles. The van der Waals surface area contributed by atoms with E-state index in [1.165, 1.54) is 6.20 Å². The van der Waals surface area contributed by atoms with Crippen LogP contribution in [0.25, 0.3) is 0 Å². The molecule has 0 radical (unpaired) electrons. The predicted molar refractivity (Wildman–Crippen MR) is 36.0 cm³/mol. The van der Waals surface area contributed by atoms with Gasteiger partial charge in [-0.3, -0.25) is 0 Å². The van der Waals surface area contributed by atoms with Crippen molar-refractivity contribution in [2.75, 3.05) is 0 Å². The van der Waals surface area contributed by atoms with Crippen LogP contribution in [0.3, 0.4) is 0 Å². The van der Waals surface area contributed by atoms with E-state index < -0.39 is 0 Å². The molecule has 0 fully saturated rings. The first-order valence-corrected chi connectivity index (χ1v) is 2.74. The van der Waals surface area contributed by atoms with Gasteiger partial charge in [-0.25, -0.2) is 0 Å². The molecule has 0 spiro atoms. The van der Waals surface area contributed by atoms with Gasteiger partial charge in [-0.1, -0.05) is 18.9 Å². The summed E-state index contributed by atoms with van der Waals surface area (Å²) in [5.41, 5.74) is 5.06. The van der Waals surface area contributed by atoms with Crippen molar-refractivity contribution in [3.8, 4) is 11.8 Å². The van der Waals surface area contributed by atoms with E-state index in [0.717, 1.165) is 12.8 Å². The summed E-state index contributed by atoms with van der Waals surface area (Å²) in [6.45, 7) is 2.03. The largest absolute Gasteiger partial charge is 0.405 e. The molecule has 0 aromatic carbocycles. The quantitative estimate of drug-likeness (QED) is 0.504. The van der Waals surface area contributed by atoms with Crippen molar-refractivity contribution in [2.45, 2.75) is 19.8 Å². The Kier molecular flexibility index (Phi) is 5.41. The molecule has 8 heavy (non-hydrogen) atoms. The highest BCUT2D eigenvalue weighted by molar-refractivity contribution is 5.02. The van der Waals surface area contributed by atoms with Gasteiger partial charge in [-0.15, -0.1) is 5.92 Å². The van der Waals surface area contributed by atoms with Gasteiger partial charge in [0.2, 0.25) is 0 Å². The normalized spacial score (nSPS) is 8.62. The highest BCUT2D eigenvalue weighted by Gasteiger charge is 1.63. The van der Waals surface area contributed by atoms with Crippen LogP contribution in [0.4, 0.5) is 0 Å². The molecule has 0 bridgehead atoms. The average molecular weight is 109 g/mol. The van der Waals surface area contributed by atoms with Crippen LogP contribution in [-0.2, 0) is 0 Å². The highest BCUT2D eigenvalue weighted by Crippen LogP contribution is 1.76. The van der Waals surface area contributed by atoms with E-state index >= 15 is 0 Å². The minimum absolute atomic E-state index is 0.782. The maximum absolute atomic E-state index is 5.06. The Morgan fingerprint density at radius 2 is 2.25 bits per heavy atom. The molecule has 0 saturated carbocycles. The van der Waals surface area contributed by atoms with Crippen molar-refractivity contribution in [3.05, 3.63) is 12.3 Å². The summed E-state index contributed by atoms with van der Waals surface area (Å²) in [5.74, 6) is 5.85. The molecule has 1 heteroatoms. The minimum Gasteiger partial charge on any atom is -0.405 e. The van der Waals surface area contributed by atoms with Crippen LogP contribution in [-0.4, -0.2) is 0 Å². The molecule has 0 rings (SSSR count). The first-order valence-electron chi connectivity index (χ1n) is 2.74. The fraction of sp³-hybridized carbons (Fsp3) is 0.429. The van der Waals surface area contributed by atoms with Crippen molar-refractivity contribution in [1.82, 2.24) is 0 Å². The Morgan fingerprint density at radius 1 is 1.50 bits per heavy atom. The maximum Gasteiger partial charge on any atom is 0.0286 e. The SMILES string of the molecule is CCC#CC/C=C/N. The fourth-order valence-corrected chi connectivity index (χ4v) is 0.324. The maximum atomic E-state index is 5.06. The van der Waals surface area contributed by atoms with Gasteiger partial charge in [0.05, 0.1) is 0 Å². The Balaban J connectivity index is 3.15. The lowest BCUT2D eigenvalue weighted by Crippen LogP contribution is -1.73. The summed E-state index contributed by atoms with van der Waals surface area (Å²) in [4.78, 5) is 0. The van der Waals surface area contributed by atoms with Crippen LogP contribution in [0.2, 0.25) is 0 Å². The predicted octanol–water partition coefficient (Wildman–Crippen LogP) is 1.26. The molecule has 2 N–H and O–H groups in total. The number of allylic oxidation sites excluding steroid dienone is 1. The van der Waals surface area contributed by atoms with E-state index in [9.17, 15) is 0 Å². The molecule has 0 unspecified atom stereocenters. The third kappa shape index (κ3) is 5.10. The number of hydrogen-bond acceptors (Lipinski definition) is 1. The van der Waals surface area contributed by atoms with E-state index in [4.69, 9.17) is 5.73 Å². The monoisotopic (exact) mass is 109 g/mol. The molecule has 0 heterocycles. The highest BCUT2D eigenvalue weighted by atomic mass is 14.5. The second-order valence-electron chi connectivity index (χ2n) is 1.34. The lowest BCUT2D eigenvalue weighted by Gasteiger charge is -1.72. The minimum atomic E-state index is 0.782. The van der Waals surface area contributed by atoms with Gasteiger partial charge in [-0.2, -0.15) is 0 Å². The van der Waals surface area contributed by atoms with Gasteiger partial charge in [0.25, 0.3) is 0 Å². The zero-order valence-corrected chi connectivity index (χ0v) is 5.15. The van der Waals surface area contributed by atoms with Gasteiger partial charge in [0.15, 0.2) is 0 Å². The zero-order chi connectivity index (χ0) is 6.24. The van der Waals surface area contributed by atoms with Crippen molar-refractivity contribution in [2.24, 2.45) is 5.73 Å². The summed E-state index contributed by atoms with van der Waals surface area (Å²) < 4.78 is 0. The van der Waals surface area contributed by atoms with Crippen molar-refractivity contribution in [1.29, 1.82) is 0 Å². The molecule has 0 atom stereocenters. The molecular weight excluding hydrogens is 98.1 g/mol. The fourth-order valence-electron chi connectivity index (χ4n) is 0.324. The average Bonchev–Trinajstić information content (AvgIpc) is 1.81. The molecule has 0 aromatic rings. The first-order chi connectivity index (χ1) is 3.91. The molecule has 0 amide bonds. The lowest BCUT2D eigenvalue weighted by atomic mass is 10.4. The van der Waals surface area contributed by atoms with Crippen LogP contribution >= 0.6 is 0 Å². The van der Waals surface area contributed by atoms with Gasteiger partial charge in [0, 0.05) is 12.8 Å². The Labute approximate surface area is 50.6 Å². The van der Waals surface area contributed by atoms with Gasteiger partial charge in [-0.05, 0) is 6.20 Å². The Hall–Kier alpha value is -0.900. The van der Waals surface area contributed by atoms with Crippen LogP contribution in [0.5, 0.6) is 0 Å². The summed E-state index contributed by atoms with van der Waals surface area (Å²) >= 11 is 0. The van der Waals surface area contributed by atoms with Gasteiger partial charge < -0.3 is 5.73 Å². The molecule has 44 valence electrons. The summed E-state index contributed by atoms with van der Waals surface area (Å²) in [7, 11) is 0. The number of nitrogens with two attached hydrogens (primary N) is 1. The Bertz CT molecular complexity index is 114. The standard InChI is InChI=1S/C7H11N/c1-2-3-4-5-6-7-8/h6-7H,2,5,8H2,1H3/b7-6+. The zero-order valence-electron chi connectivity index (χ0n) is 5.15. The van der Waals surface area contributed by atoms with Crippen LogP contribution in [0, 0.1) is 11.8 Å². The summed E-state index contributed by atoms with van der Waals surface area (Å²) in [5, 5.41) is 0. The van der Waals surface area contributed by atoms with Crippen LogP contribution in [0.15, 0.2) is 12.3 Å². The van der Waals surface area contributed by atoms with E-state index in [1.807, 2.05) is 13.0 Å². The molecule has 0 aliphatic rings. The number of rotatable bonds is 1. The van der Waals surface area contributed by atoms with Crippen LogP contribution in [0.1, 0.15) is 19.8 Å². The molecule has 0 saturated heterocycles. The van der Waals surface area contributed by atoms with Gasteiger partial charge >= 0.3 is 0 Å².